The number of aromatic hydroxyl groups is 1. The quantitative estimate of drug-likeness (QED) is 0.252. The third-order valence-electron chi connectivity index (χ3n) is 4.91. The fourth-order valence-corrected chi connectivity index (χ4v) is 3.81. The van der Waals surface area contributed by atoms with Gasteiger partial charge in [-0.1, -0.05) is 36.4 Å². The number of anilines is 1. The Morgan fingerprint density at radius 3 is 2.24 bits per heavy atom. The molecule has 3 aromatic rings. The zero-order valence-electron chi connectivity index (χ0n) is 18.6. The first-order valence-electron chi connectivity index (χ1n) is 10.4. The van der Waals surface area contributed by atoms with Crippen molar-refractivity contribution in [1.82, 2.24) is 5.32 Å². The highest BCUT2D eigenvalue weighted by Crippen LogP contribution is 2.28. The Morgan fingerprint density at radius 2 is 1.62 bits per heavy atom. The number of phenolic OH excluding ortho intramolecular Hbond substituents is 1. The summed E-state index contributed by atoms with van der Waals surface area (Å²) in [6.45, 7) is -0.00499. The van der Waals surface area contributed by atoms with Crippen molar-refractivity contribution < 1.29 is 28.5 Å². The minimum atomic E-state index is -3.58. The Bertz CT molecular complexity index is 1140. The van der Waals surface area contributed by atoms with Crippen LogP contribution in [-0.2, 0) is 16.4 Å². The summed E-state index contributed by atoms with van der Waals surface area (Å²) in [7, 11) is -3.58. The Balaban J connectivity index is 0.00000408. The van der Waals surface area contributed by atoms with Gasteiger partial charge in [0.2, 0.25) is 10.0 Å². The molecular weight excluding hydrogens is 480 g/mol. The number of aliphatic hydroxyl groups is 2. The first-order chi connectivity index (χ1) is 15.7. The number of hydrogen-bond donors (Lipinski definition) is 5. The van der Waals surface area contributed by atoms with Gasteiger partial charge in [0.15, 0.2) is 0 Å². The summed E-state index contributed by atoms with van der Waals surface area (Å²) in [6.07, 6.45) is 0.538. The number of aliphatic hydroxyl groups excluding tert-OH is 2. The van der Waals surface area contributed by atoms with E-state index in [2.05, 4.69) is 10.0 Å². The summed E-state index contributed by atoms with van der Waals surface area (Å²) in [4.78, 5) is 0. The largest absolute Gasteiger partial charge is 0.506 e. The number of sulfonamides is 1. The minimum absolute atomic E-state index is 0. The lowest BCUT2D eigenvalue weighted by atomic mass is 10.0. The molecule has 2 atom stereocenters. The van der Waals surface area contributed by atoms with Gasteiger partial charge in [-0.15, -0.1) is 12.4 Å². The van der Waals surface area contributed by atoms with Gasteiger partial charge >= 0.3 is 0 Å². The molecule has 10 heteroatoms. The number of benzene rings is 3. The van der Waals surface area contributed by atoms with E-state index >= 15 is 0 Å². The van der Waals surface area contributed by atoms with Crippen LogP contribution in [0.1, 0.15) is 17.2 Å². The van der Waals surface area contributed by atoms with Gasteiger partial charge in [-0.3, -0.25) is 4.72 Å². The van der Waals surface area contributed by atoms with Crippen LogP contribution in [-0.4, -0.2) is 49.2 Å². The van der Waals surface area contributed by atoms with Crippen molar-refractivity contribution >= 4 is 28.1 Å². The highest BCUT2D eigenvalue weighted by atomic mass is 35.5. The van der Waals surface area contributed by atoms with Crippen LogP contribution in [0.25, 0.3) is 0 Å². The zero-order chi connectivity index (χ0) is 23.8. The van der Waals surface area contributed by atoms with Crippen molar-refractivity contribution in [2.75, 3.05) is 24.1 Å². The topological polar surface area (TPSA) is 128 Å². The summed E-state index contributed by atoms with van der Waals surface area (Å²) in [5, 5.41) is 33.2. The van der Waals surface area contributed by atoms with Crippen LogP contribution in [0.3, 0.4) is 0 Å². The van der Waals surface area contributed by atoms with Crippen molar-refractivity contribution in [2.45, 2.75) is 18.6 Å². The highest BCUT2D eigenvalue weighted by molar-refractivity contribution is 7.92. The van der Waals surface area contributed by atoms with E-state index in [-0.39, 0.29) is 43.0 Å². The number of halogens is 1. The molecule has 0 aliphatic heterocycles. The van der Waals surface area contributed by atoms with Gasteiger partial charge in [-0.25, -0.2) is 8.42 Å². The van der Waals surface area contributed by atoms with Crippen molar-refractivity contribution in [3.8, 4) is 17.2 Å². The molecule has 0 saturated carbocycles. The van der Waals surface area contributed by atoms with E-state index in [1.54, 1.807) is 0 Å². The number of rotatable bonds is 11. The fraction of sp³-hybridized carbons (Fsp3) is 0.250. The lowest BCUT2D eigenvalue weighted by Gasteiger charge is -2.20. The van der Waals surface area contributed by atoms with Crippen LogP contribution in [0.15, 0.2) is 72.8 Å². The third-order valence-corrected chi connectivity index (χ3v) is 5.50. The monoisotopic (exact) mass is 508 g/mol. The summed E-state index contributed by atoms with van der Waals surface area (Å²) in [6, 6.07) is 20.9. The first-order valence-corrected chi connectivity index (χ1v) is 12.3. The van der Waals surface area contributed by atoms with Crippen LogP contribution < -0.4 is 14.8 Å². The molecule has 0 heterocycles. The van der Waals surface area contributed by atoms with Crippen LogP contribution in [0.4, 0.5) is 5.69 Å². The second-order valence-electron chi connectivity index (χ2n) is 7.72. The minimum Gasteiger partial charge on any atom is -0.506 e. The molecule has 0 radical (unpaired) electrons. The SMILES string of the molecule is CS(=O)(=O)Nc1cc([C@@H](O)CNC(CO)Cc2ccc(Oc3ccccc3)cc2)ccc1O.Cl. The summed E-state index contributed by atoms with van der Waals surface area (Å²) in [5.41, 5.74) is 1.40. The predicted molar refractivity (Wildman–Crippen MR) is 134 cm³/mol. The molecule has 0 saturated heterocycles. The van der Waals surface area contributed by atoms with Crippen molar-refractivity contribution in [2.24, 2.45) is 0 Å². The van der Waals surface area contributed by atoms with Crippen LogP contribution in [0.2, 0.25) is 0 Å². The predicted octanol–water partition coefficient (Wildman–Crippen LogP) is 3.20. The first kappa shape index (κ1) is 27.4. The highest BCUT2D eigenvalue weighted by Gasteiger charge is 2.15. The van der Waals surface area contributed by atoms with E-state index < -0.39 is 16.1 Å². The Labute approximate surface area is 205 Å². The number of ether oxygens (including phenoxy) is 1. The molecule has 5 N–H and O–H groups in total. The molecule has 0 bridgehead atoms. The average Bonchev–Trinajstić information content (AvgIpc) is 2.79. The van der Waals surface area contributed by atoms with E-state index in [9.17, 15) is 23.7 Å². The number of hydrogen-bond acceptors (Lipinski definition) is 7. The van der Waals surface area contributed by atoms with E-state index in [1.165, 1.54) is 18.2 Å². The van der Waals surface area contributed by atoms with Gasteiger partial charge in [0.05, 0.1) is 24.7 Å². The molecule has 1 unspecified atom stereocenters. The average molecular weight is 509 g/mol. The van der Waals surface area contributed by atoms with Gasteiger partial charge in [0.1, 0.15) is 17.2 Å². The van der Waals surface area contributed by atoms with Crippen LogP contribution >= 0.6 is 12.4 Å². The summed E-state index contributed by atoms with van der Waals surface area (Å²) >= 11 is 0. The lowest BCUT2D eigenvalue weighted by Crippen LogP contribution is -2.37. The Hall–Kier alpha value is -2.82. The van der Waals surface area contributed by atoms with Gasteiger partial charge in [0.25, 0.3) is 0 Å². The van der Waals surface area contributed by atoms with Crippen molar-refractivity contribution in [1.29, 1.82) is 0 Å². The lowest BCUT2D eigenvalue weighted by molar-refractivity contribution is 0.158. The molecule has 34 heavy (non-hydrogen) atoms. The standard InChI is InChI=1S/C24H28N2O6S.ClH/c1-33(30,31)26-22-14-18(9-12-23(22)28)24(29)15-25-19(16-27)13-17-7-10-21(11-8-17)32-20-5-3-2-4-6-20;/h2-12,14,19,24-29H,13,15-16H2,1H3;1H/t19?,24-;/m0./s1. The molecule has 0 aliphatic rings. The molecule has 184 valence electrons. The van der Waals surface area contributed by atoms with E-state index in [0.717, 1.165) is 17.6 Å². The summed E-state index contributed by atoms with van der Waals surface area (Å²) in [5.74, 6) is 1.22. The van der Waals surface area contributed by atoms with Gasteiger partial charge in [-0.2, -0.15) is 0 Å². The molecule has 0 fully saturated rings. The van der Waals surface area contributed by atoms with Gasteiger partial charge in [0, 0.05) is 12.6 Å². The van der Waals surface area contributed by atoms with Crippen LogP contribution in [0.5, 0.6) is 17.2 Å². The second kappa shape index (κ2) is 12.6. The molecular formula is C24H29ClN2O6S. The smallest absolute Gasteiger partial charge is 0.229 e. The van der Waals surface area contributed by atoms with Crippen molar-refractivity contribution in [3.05, 3.63) is 83.9 Å². The Kier molecular flexibility index (Phi) is 10.2. The Morgan fingerprint density at radius 1 is 0.971 bits per heavy atom. The molecule has 8 nitrogen and oxygen atoms in total. The van der Waals surface area contributed by atoms with E-state index in [1.807, 2.05) is 54.6 Å². The molecule has 0 amide bonds. The normalized spacial score (nSPS) is 12.9. The number of para-hydroxylation sites is 1. The van der Waals surface area contributed by atoms with Gasteiger partial charge < -0.3 is 25.4 Å². The fourth-order valence-electron chi connectivity index (χ4n) is 3.24. The number of nitrogens with one attached hydrogen (secondary N) is 2. The maximum Gasteiger partial charge on any atom is 0.229 e. The maximum absolute atomic E-state index is 11.4. The second-order valence-corrected chi connectivity index (χ2v) is 9.47. The molecule has 0 aromatic heterocycles. The summed E-state index contributed by atoms with van der Waals surface area (Å²) < 4.78 is 30.9. The molecule has 0 aliphatic carbocycles. The van der Waals surface area contributed by atoms with Crippen LogP contribution in [0, 0.1) is 0 Å². The third kappa shape index (κ3) is 8.51. The van der Waals surface area contributed by atoms with Crippen molar-refractivity contribution in [3.63, 3.8) is 0 Å². The zero-order valence-corrected chi connectivity index (χ0v) is 20.2. The number of phenols is 1. The maximum atomic E-state index is 11.4. The van der Waals surface area contributed by atoms with Gasteiger partial charge in [-0.05, 0) is 53.9 Å². The molecule has 3 aromatic carbocycles. The van der Waals surface area contributed by atoms with E-state index in [4.69, 9.17) is 4.74 Å². The molecule has 3 rings (SSSR count). The van der Waals surface area contributed by atoms with E-state index in [0.29, 0.717) is 17.7 Å². The molecule has 0 spiro atoms.